The van der Waals surface area contributed by atoms with Crippen LogP contribution in [0.5, 0.6) is 0 Å². The van der Waals surface area contributed by atoms with Gasteiger partial charge in [-0.25, -0.2) is 9.18 Å². The molecule has 2 aromatic rings. The van der Waals surface area contributed by atoms with Crippen LogP contribution in [0, 0.1) is 5.82 Å². The van der Waals surface area contributed by atoms with Gasteiger partial charge in [0.1, 0.15) is 11.9 Å². The van der Waals surface area contributed by atoms with Crippen molar-refractivity contribution in [3.63, 3.8) is 0 Å². The minimum absolute atomic E-state index is 0.0362. The molecule has 0 saturated heterocycles. The van der Waals surface area contributed by atoms with Crippen molar-refractivity contribution in [2.45, 2.75) is 0 Å². The van der Waals surface area contributed by atoms with Gasteiger partial charge in [-0.3, -0.25) is 9.36 Å². The third-order valence-electron chi connectivity index (χ3n) is 2.38. The maximum Gasteiger partial charge on any atom is 0.352 e. The zero-order chi connectivity index (χ0) is 13.4. The highest BCUT2D eigenvalue weighted by Gasteiger charge is 2.12. The number of anilines is 1. The summed E-state index contributed by atoms with van der Waals surface area (Å²) in [6.07, 6.45) is 0.908. The molecule has 0 radical (unpaired) electrons. The molecule has 0 saturated carbocycles. The van der Waals surface area contributed by atoms with Gasteiger partial charge in [0.05, 0.1) is 10.7 Å². The minimum Gasteiger partial charge on any atom is -0.397 e. The van der Waals surface area contributed by atoms with Crippen molar-refractivity contribution in [1.29, 1.82) is 0 Å². The first-order chi connectivity index (χ1) is 8.41. The van der Waals surface area contributed by atoms with Gasteiger partial charge in [-0.15, -0.1) is 0 Å². The number of hydrogen-bond acceptors (Lipinski definition) is 4. The number of rotatable bonds is 1. The lowest BCUT2D eigenvalue weighted by molar-refractivity contribution is 0.585. The molecule has 0 aliphatic carbocycles. The summed E-state index contributed by atoms with van der Waals surface area (Å²) in [5, 5.41) is 3.61. The number of hydrogen-bond donors (Lipinski definition) is 1. The van der Waals surface area contributed by atoms with Crippen LogP contribution in [0.3, 0.4) is 0 Å². The van der Waals surface area contributed by atoms with Crippen LogP contribution >= 0.6 is 11.6 Å². The molecule has 0 bridgehead atoms. The number of nitrogens with two attached hydrogens (primary N) is 1. The van der Waals surface area contributed by atoms with Crippen LogP contribution in [-0.2, 0) is 7.05 Å². The second-order valence-corrected chi connectivity index (χ2v) is 3.97. The highest BCUT2D eigenvalue weighted by Crippen LogP contribution is 2.23. The van der Waals surface area contributed by atoms with E-state index >= 15 is 0 Å². The standard InChI is InChI=1S/C10H8ClFN4O2/c1-15-9(17)4-14-16(10(15)18)8-3-7(13)5(11)2-6(8)12/h2-4H,13H2,1H3. The number of aromatic nitrogens is 3. The van der Waals surface area contributed by atoms with Crippen molar-refractivity contribution in [3.8, 4) is 5.69 Å². The van der Waals surface area contributed by atoms with Crippen LogP contribution < -0.4 is 17.0 Å². The SMILES string of the molecule is Cn1c(=O)cnn(-c2cc(N)c(Cl)cc2F)c1=O. The summed E-state index contributed by atoms with van der Waals surface area (Å²) in [5.74, 6) is -0.762. The highest BCUT2D eigenvalue weighted by molar-refractivity contribution is 6.33. The Labute approximate surface area is 105 Å². The van der Waals surface area contributed by atoms with Gasteiger partial charge in [-0.2, -0.15) is 9.78 Å². The molecular weight excluding hydrogens is 263 g/mol. The van der Waals surface area contributed by atoms with E-state index in [0.29, 0.717) is 0 Å². The molecule has 0 aliphatic heterocycles. The van der Waals surface area contributed by atoms with E-state index in [1.54, 1.807) is 0 Å². The lowest BCUT2D eigenvalue weighted by Gasteiger charge is -2.08. The molecule has 2 rings (SSSR count). The first-order valence-corrected chi connectivity index (χ1v) is 5.20. The van der Waals surface area contributed by atoms with E-state index in [1.807, 2.05) is 0 Å². The predicted octanol–water partition coefficient (Wildman–Crippen LogP) is 0.306. The fourth-order valence-corrected chi connectivity index (χ4v) is 1.51. The third kappa shape index (κ3) is 1.88. The predicted molar refractivity (Wildman–Crippen MR) is 64.5 cm³/mol. The minimum atomic E-state index is -0.775. The largest absolute Gasteiger partial charge is 0.397 e. The molecule has 2 N–H and O–H groups in total. The van der Waals surface area contributed by atoms with Crippen molar-refractivity contribution in [2.75, 3.05) is 5.73 Å². The van der Waals surface area contributed by atoms with Crippen molar-refractivity contribution in [3.05, 3.63) is 50.0 Å². The van der Waals surface area contributed by atoms with E-state index in [4.69, 9.17) is 17.3 Å². The Morgan fingerprint density at radius 2 is 2.06 bits per heavy atom. The fourth-order valence-electron chi connectivity index (χ4n) is 1.36. The van der Waals surface area contributed by atoms with Gasteiger partial charge >= 0.3 is 5.69 Å². The van der Waals surface area contributed by atoms with E-state index in [0.717, 1.165) is 21.5 Å². The second kappa shape index (κ2) is 4.26. The van der Waals surface area contributed by atoms with Crippen molar-refractivity contribution >= 4 is 17.3 Å². The Kier molecular flexibility index (Phi) is 2.92. The Morgan fingerprint density at radius 3 is 2.72 bits per heavy atom. The summed E-state index contributed by atoms with van der Waals surface area (Å²) < 4.78 is 15.2. The van der Waals surface area contributed by atoms with E-state index in [-0.39, 0.29) is 16.4 Å². The number of nitrogen functional groups attached to an aromatic ring is 1. The number of benzene rings is 1. The molecular formula is C10H8ClFN4O2. The fraction of sp³-hybridized carbons (Fsp3) is 0.100. The van der Waals surface area contributed by atoms with Crippen LogP contribution in [0.4, 0.5) is 10.1 Å². The van der Waals surface area contributed by atoms with E-state index in [9.17, 15) is 14.0 Å². The monoisotopic (exact) mass is 270 g/mol. The molecule has 94 valence electrons. The topological polar surface area (TPSA) is 82.9 Å². The zero-order valence-electron chi connectivity index (χ0n) is 9.22. The van der Waals surface area contributed by atoms with Gasteiger partial charge in [-0.1, -0.05) is 11.6 Å². The summed E-state index contributed by atoms with van der Waals surface area (Å²) in [7, 11) is 1.26. The van der Waals surface area contributed by atoms with Crippen molar-refractivity contribution < 1.29 is 4.39 Å². The summed E-state index contributed by atoms with van der Waals surface area (Å²) >= 11 is 5.64. The van der Waals surface area contributed by atoms with Gasteiger partial charge in [-0.05, 0) is 12.1 Å². The first kappa shape index (κ1) is 12.3. The molecule has 1 aromatic heterocycles. The molecule has 0 unspecified atom stereocenters. The second-order valence-electron chi connectivity index (χ2n) is 3.56. The Bertz CT molecular complexity index is 738. The Morgan fingerprint density at radius 1 is 1.39 bits per heavy atom. The molecule has 0 amide bonds. The van der Waals surface area contributed by atoms with Crippen LogP contribution in [-0.4, -0.2) is 14.3 Å². The van der Waals surface area contributed by atoms with Crippen molar-refractivity contribution in [2.24, 2.45) is 7.05 Å². The maximum atomic E-state index is 13.7. The molecule has 0 atom stereocenters. The van der Waals surface area contributed by atoms with Crippen LogP contribution in [0.15, 0.2) is 27.9 Å². The average molecular weight is 271 g/mol. The molecule has 8 heteroatoms. The van der Waals surface area contributed by atoms with Gasteiger partial charge in [0.25, 0.3) is 5.56 Å². The third-order valence-corrected chi connectivity index (χ3v) is 2.70. The number of halogens is 2. The zero-order valence-corrected chi connectivity index (χ0v) is 9.98. The molecule has 1 heterocycles. The highest BCUT2D eigenvalue weighted by atomic mass is 35.5. The van der Waals surface area contributed by atoms with E-state index < -0.39 is 17.1 Å². The van der Waals surface area contributed by atoms with E-state index in [1.165, 1.54) is 13.1 Å². The van der Waals surface area contributed by atoms with Gasteiger partial charge < -0.3 is 5.73 Å². The lowest BCUT2D eigenvalue weighted by atomic mass is 10.2. The summed E-state index contributed by atoms with van der Waals surface area (Å²) in [6.45, 7) is 0. The Balaban J connectivity index is 2.78. The molecule has 18 heavy (non-hydrogen) atoms. The van der Waals surface area contributed by atoms with E-state index in [2.05, 4.69) is 5.10 Å². The summed E-state index contributed by atoms with van der Waals surface area (Å²) in [6, 6.07) is 2.15. The smallest absolute Gasteiger partial charge is 0.352 e. The van der Waals surface area contributed by atoms with Crippen LogP contribution in [0.2, 0.25) is 5.02 Å². The normalized spacial score (nSPS) is 10.6. The van der Waals surface area contributed by atoms with Crippen molar-refractivity contribution in [1.82, 2.24) is 14.3 Å². The average Bonchev–Trinajstić information content (AvgIpc) is 2.32. The van der Waals surface area contributed by atoms with Crippen LogP contribution in [0.25, 0.3) is 5.69 Å². The molecule has 1 aromatic carbocycles. The van der Waals surface area contributed by atoms with Gasteiger partial charge in [0, 0.05) is 7.05 Å². The molecule has 0 aliphatic rings. The number of nitrogens with zero attached hydrogens (tertiary/aromatic N) is 3. The molecule has 0 fully saturated rings. The summed E-state index contributed by atoms with van der Waals surface area (Å²) in [5.41, 5.74) is 4.11. The molecule has 0 spiro atoms. The molecule has 6 nitrogen and oxygen atoms in total. The summed E-state index contributed by atoms with van der Waals surface area (Å²) in [4.78, 5) is 22.9. The maximum absolute atomic E-state index is 13.7. The van der Waals surface area contributed by atoms with Crippen LogP contribution in [0.1, 0.15) is 0 Å². The first-order valence-electron chi connectivity index (χ1n) is 4.82. The lowest BCUT2D eigenvalue weighted by Crippen LogP contribution is -2.38. The van der Waals surface area contributed by atoms with Gasteiger partial charge in [0.2, 0.25) is 0 Å². The Hall–Kier alpha value is -2.15. The van der Waals surface area contributed by atoms with Gasteiger partial charge in [0.15, 0.2) is 5.82 Å². The quantitative estimate of drug-likeness (QED) is 0.756.